The topological polar surface area (TPSA) is 23.6 Å². The minimum absolute atomic E-state index is 0.0622. The Kier molecular flexibility index (Phi) is 5.59. The van der Waals surface area contributed by atoms with Gasteiger partial charge in [-0.05, 0) is 29.8 Å². The Morgan fingerprint density at radius 3 is 2.11 bits per heavy atom. The van der Waals surface area contributed by atoms with E-state index in [2.05, 4.69) is 0 Å². The number of halogens is 7. The quantitative estimate of drug-likeness (QED) is 0.568. The van der Waals surface area contributed by atoms with Crippen molar-refractivity contribution in [2.45, 2.75) is 12.7 Å². The van der Waals surface area contributed by atoms with Gasteiger partial charge in [0.05, 0.1) is 15.7 Å². The molecule has 144 valence electrons. The minimum atomic E-state index is -4.74. The molecular weight excluding hydrogens is 431 g/mol. The normalized spacial score (nSPS) is 18.4. The molecule has 10 heteroatoms. The van der Waals surface area contributed by atoms with Crippen molar-refractivity contribution in [3.8, 4) is 0 Å². The predicted molar refractivity (Wildman–Crippen MR) is 95.3 cm³/mol. The van der Waals surface area contributed by atoms with Gasteiger partial charge in [0.2, 0.25) is 0 Å². The summed E-state index contributed by atoms with van der Waals surface area (Å²) in [7, 11) is 0. The standard InChI is InChI=1S/C17H11Cl3F4N2O/c18-10-5-13(19)15(14(20)6-10)26-16(27)12(17(22,23)24)8-25(26)7-9-1-3-11(21)4-2-9/h1-6,12H,7-8H2. The SMILES string of the molecule is O=C1C(C(F)(F)F)CN(Cc2ccc(F)cc2)N1c1c(Cl)cc(Cl)cc1Cl. The van der Waals surface area contributed by atoms with Crippen molar-refractivity contribution in [3.63, 3.8) is 0 Å². The first kappa shape index (κ1) is 20.2. The molecule has 1 saturated heterocycles. The van der Waals surface area contributed by atoms with Crippen LogP contribution in [0.4, 0.5) is 23.2 Å². The van der Waals surface area contributed by atoms with Gasteiger partial charge >= 0.3 is 6.18 Å². The van der Waals surface area contributed by atoms with Crippen molar-refractivity contribution in [3.05, 3.63) is 62.8 Å². The van der Waals surface area contributed by atoms with Gasteiger partial charge in [-0.3, -0.25) is 4.79 Å². The molecule has 3 nitrogen and oxygen atoms in total. The second kappa shape index (κ2) is 7.47. The van der Waals surface area contributed by atoms with Gasteiger partial charge in [0.15, 0.2) is 0 Å². The Balaban J connectivity index is 2.03. The number of amides is 1. The summed E-state index contributed by atoms with van der Waals surface area (Å²) in [6.45, 7) is -0.692. The molecule has 1 aliphatic rings. The van der Waals surface area contributed by atoms with E-state index in [0.29, 0.717) is 5.56 Å². The predicted octanol–water partition coefficient (Wildman–Crippen LogP) is 5.73. The summed E-state index contributed by atoms with van der Waals surface area (Å²) < 4.78 is 53.1. The van der Waals surface area contributed by atoms with E-state index in [1.165, 1.54) is 41.4 Å². The number of hydrogen-bond donors (Lipinski definition) is 0. The monoisotopic (exact) mass is 440 g/mol. The number of hydrogen-bond acceptors (Lipinski definition) is 2. The summed E-state index contributed by atoms with van der Waals surface area (Å²) >= 11 is 18.1. The van der Waals surface area contributed by atoms with Gasteiger partial charge in [-0.1, -0.05) is 46.9 Å². The van der Waals surface area contributed by atoms with Crippen LogP contribution >= 0.6 is 34.8 Å². The maximum absolute atomic E-state index is 13.3. The van der Waals surface area contributed by atoms with E-state index < -0.39 is 30.4 Å². The second-order valence-electron chi connectivity index (χ2n) is 5.94. The van der Waals surface area contributed by atoms with E-state index in [9.17, 15) is 22.4 Å². The average Bonchev–Trinajstić information content (AvgIpc) is 2.86. The Bertz CT molecular complexity index is 850. The number of anilines is 1. The minimum Gasteiger partial charge on any atom is -0.272 e. The average molecular weight is 442 g/mol. The van der Waals surface area contributed by atoms with Gasteiger partial charge in [0.1, 0.15) is 11.7 Å². The Morgan fingerprint density at radius 2 is 1.59 bits per heavy atom. The maximum atomic E-state index is 13.3. The molecule has 1 aliphatic heterocycles. The van der Waals surface area contributed by atoms with Gasteiger partial charge in [0.25, 0.3) is 5.91 Å². The third kappa shape index (κ3) is 4.16. The van der Waals surface area contributed by atoms with Crippen LogP contribution in [0.5, 0.6) is 0 Å². The summed E-state index contributed by atoms with van der Waals surface area (Å²) in [6.07, 6.45) is -4.74. The molecule has 1 amide bonds. The zero-order chi connectivity index (χ0) is 19.9. The van der Waals surface area contributed by atoms with Crippen LogP contribution in [0.3, 0.4) is 0 Å². The molecule has 1 unspecified atom stereocenters. The van der Waals surface area contributed by atoms with Crippen molar-refractivity contribution >= 4 is 46.4 Å². The number of rotatable bonds is 3. The fourth-order valence-electron chi connectivity index (χ4n) is 2.83. The number of alkyl halides is 3. The smallest absolute Gasteiger partial charge is 0.272 e. The molecule has 1 atom stereocenters. The molecule has 0 N–H and O–H groups in total. The lowest BCUT2D eigenvalue weighted by molar-refractivity contribution is -0.175. The molecule has 2 aromatic carbocycles. The Labute approximate surface area is 167 Å². The molecule has 0 aromatic heterocycles. The Hall–Kier alpha value is -1.54. The van der Waals surface area contributed by atoms with Crippen LogP contribution in [0.25, 0.3) is 0 Å². The summed E-state index contributed by atoms with van der Waals surface area (Å²) in [5.74, 6) is -3.92. The van der Waals surface area contributed by atoms with Crippen LogP contribution in [-0.4, -0.2) is 23.6 Å². The molecule has 1 heterocycles. The van der Waals surface area contributed by atoms with Gasteiger partial charge in [-0.2, -0.15) is 13.2 Å². The van der Waals surface area contributed by atoms with E-state index in [4.69, 9.17) is 34.8 Å². The molecule has 1 fully saturated rings. The fraction of sp³-hybridized carbons (Fsp3) is 0.235. The van der Waals surface area contributed by atoms with Crippen molar-refractivity contribution in [2.75, 3.05) is 11.6 Å². The van der Waals surface area contributed by atoms with Crippen LogP contribution in [-0.2, 0) is 11.3 Å². The third-order valence-corrected chi connectivity index (χ3v) is 4.84. The highest BCUT2D eigenvalue weighted by molar-refractivity contribution is 6.42. The van der Waals surface area contributed by atoms with Crippen LogP contribution in [0, 0.1) is 11.7 Å². The summed E-state index contributed by atoms with van der Waals surface area (Å²) in [6, 6.07) is 7.78. The van der Waals surface area contributed by atoms with E-state index in [0.717, 1.165) is 5.01 Å². The molecule has 0 aliphatic carbocycles. The number of benzene rings is 2. The van der Waals surface area contributed by atoms with Crippen molar-refractivity contribution < 1.29 is 22.4 Å². The lowest BCUT2D eigenvalue weighted by Crippen LogP contribution is -2.39. The molecule has 0 saturated carbocycles. The highest BCUT2D eigenvalue weighted by Crippen LogP contribution is 2.43. The summed E-state index contributed by atoms with van der Waals surface area (Å²) in [5.41, 5.74) is 0.430. The maximum Gasteiger partial charge on any atom is 0.401 e. The zero-order valence-corrected chi connectivity index (χ0v) is 15.7. The highest BCUT2D eigenvalue weighted by atomic mass is 35.5. The zero-order valence-electron chi connectivity index (χ0n) is 13.4. The first-order valence-corrected chi connectivity index (χ1v) is 8.76. The van der Waals surface area contributed by atoms with Crippen LogP contribution < -0.4 is 5.01 Å². The van der Waals surface area contributed by atoms with Gasteiger partial charge in [0, 0.05) is 18.1 Å². The Morgan fingerprint density at radius 1 is 1.04 bits per heavy atom. The van der Waals surface area contributed by atoms with Crippen LogP contribution in [0.15, 0.2) is 36.4 Å². The van der Waals surface area contributed by atoms with E-state index in [-0.39, 0.29) is 27.3 Å². The molecule has 3 rings (SSSR count). The largest absolute Gasteiger partial charge is 0.401 e. The number of hydrazine groups is 1. The second-order valence-corrected chi connectivity index (χ2v) is 7.19. The fourth-order valence-corrected chi connectivity index (χ4v) is 3.80. The molecule has 0 radical (unpaired) electrons. The van der Waals surface area contributed by atoms with Crippen molar-refractivity contribution in [1.29, 1.82) is 0 Å². The first-order chi connectivity index (χ1) is 12.6. The van der Waals surface area contributed by atoms with Gasteiger partial charge in [-0.15, -0.1) is 0 Å². The number of nitrogens with zero attached hydrogens (tertiary/aromatic N) is 2. The van der Waals surface area contributed by atoms with E-state index >= 15 is 0 Å². The molecule has 0 spiro atoms. The first-order valence-electron chi connectivity index (χ1n) is 7.62. The van der Waals surface area contributed by atoms with Gasteiger partial charge in [-0.25, -0.2) is 14.4 Å². The number of carbonyl (C=O) groups is 1. The third-order valence-electron chi connectivity index (χ3n) is 4.05. The van der Waals surface area contributed by atoms with Crippen molar-refractivity contribution in [2.24, 2.45) is 5.92 Å². The molecule has 27 heavy (non-hydrogen) atoms. The molecule has 0 bridgehead atoms. The lowest BCUT2D eigenvalue weighted by atomic mass is 10.1. The van der Waals surface area contributed by atoms with E-state index in [1.807, 2.05) is 0 Å². The number of carbonyl (C=O) groups excluding carboxylic acids is 1. The van der Waals surface area contributed by atoms with Crippen LogP contribution in [0.2, 0.25) is 15.1 Å². The van der Waals surface area contributed by atoms with Gasteiger partial charge < -0.3 is 0 Å². The van der Waals surface area contributed by atoms with Crippen molar-refractivity contribution in [1.82, 2.24) is 5.01 Å². The van der Waals surface area contributed by atoms with Crippen LogP contribution in [0.1, 0.15) is 5.56 Å². The summed E-state index contributed by atoms with van der Waals surface area (Å²) in [4.78, 5) is 12.6. The lowest BCUT2D eigenvalue weighted by Gasteiger charge is -2.29. The molecule has 2 aromatic rings. The summed E-state index contributed by atoms with van der Waals surface area (Å²) in [5, 5.41) is 2.05. The molecular formula is C17H11Cl3F4N2O. The van der Waals surface area contributed by atoms with E-state index in [1.54, 1.807) is 0 Å². The highest BCUT2D eigenvalue weighted by Gasteiger charge is 2.54.